The van der Waals surface area contributed by atoms with Gasteiger partial charge in [-0.1, -0.05) is 19.3 Å². The lowest BCUT2D eigenvalue weighted by Gasteiger charge is -2.21. The Bertz CT molecular complexity index is 1030. The summed E-state index contributed by atoms with van der Waals surface area (Å²) in [5, 5.41) is 3.00. The molecule has 1 aromatic carbocycles. The van der Waals surface area contributed by atoms with Gasteiger partial charge in [0.25, 0.3) is 5.56 Å². The molecule has 0 bridgehead atoms. The van der Waals surface area contributed by atoms with E-state index in [-0.39, 0.29) is 24.4 Å². The molecule has 0 unspecified atom stereocenters. The van der Waals surface area contributed by atoms with Crippen molar-refractivity contribution in [3.63, 3.8) is 0 Å². The smallest absolute Gasteiger partial charge is 0.275 e. The van der Waals surface area contributed by atoms with Gasteiger partial charge in [0.05, 0.1) is 11.0 Å². The van der Waals surface area contributed by atoms with Crippen LogP contribution < -0.4 is 10.9 Å². The van der Waals surface area contributed by atoms with Gasteiger partial charge < -0.3 is 14.3 Å². The molecule has 0 spiro atoms. The van der Waals surface area contributed by atoms with Crippen LogP contribution in [0.3, 0.4) is 0 Å². The van der Waals surface area contributed by atoms with Gasteiger partial charge in [0.15, 0.2) is 0 Å². The molecule has 1 fully saturated rings. The lowest BCUT2D eigenvalue weighted by molar-refractivity contribution is -0.121. The predicted octanol–water partition coefficient (Wildman–Crippen LogP) is 3.48. The van der Waals surface area contributed by atoms with E-state index in [0.29, 0.717) is 23.5 Å². The van der Waals surface area contributed by atoms with Crippen LogP contribution in [0.4, 0.5) is 4.39 Å². The molecular weight excluding hydrogens is 345 g/mol. The first-order valence-electron chi connectivity index (χ1n) is 9.69. The van der Waals surface area contributed by atoms with Crippen LogP contribution in [-0.2, 0) is 11.3 Å². The zero-order valence-corrected chi connectivity index (χ0v) is 15.3. The second-order valence-electron chi connectivity index (χ2n) is 7.41. The third kappa shape index (κ3) is 3.61. The van der Waals surface area contributed by atoms with E-state index in [1.807, 2.05) is 0 Å². The van der Waals surface area contributed by atoms with E-state index < -0.39 is 5.82 Å². The molecule has 1 aliphatic carbocycles. The van der Waals surface area contributed by atoms with E-state index in [9.17, 15) is 14.0 Å². The first-order chi connectivity index (χ1) is 13.1. The Kier molecular flexibility index (Phi) is 4.97. The summed E-state index contributed by atoms with van der Waals surface area (Å²) < 4.78 is 17.1. The Labute approximate surface area is 156 Å². The number of amides is 1. The van der Waals surface area contributed by atoms with Crippen LogP contribution >= 0.6 is 0 Å². The van der Waals surface area contributed by atoms with Gasteiger partial charge in [-0.3, -0.25) is 9.59 Å². The largest absolute Gasteiger partial charge is 0.356 e. The van der Waals surface area contributed by atoms with Crippen LogP contribution in [-0.4, -0.2) is 21.4 Å². The third-order valence-electron chi connectivity index (χ3n) is 5.58. The van der Waals surface area contributed by atoms with Gasteiger partial charge in [0.1, 0.15) is 11.3 Å². The van der Waals surface area contributed by atoms with Gasteiger partial charge in [-0.05, 0) is 49.1 Å². The van der Waals surface area contributed by atoms with Crippen molar-refractivity contribution in [2.75, 3.05) is 6.54 Å². The second-order valence-corrected chi connectivity index (χ2v) is 7.41. The average molecular weight is 369 g/mol. The lowest BCUT2D eigenvalue weighted by atomic mass is 9.89. The number of halogens is 1. The topological polar surface area (TPSA) is 55.5 Å². The predicted molar refractivity (Wildman–Crippen MR) is 103 cm³/mol. The van der Waals surface area contributed by atoms with E-state index in [1.165, 1.54) is 48.8 Å². The number of hydrogen-bond donors (Lipinski definition) is 1. The molecule has 0 atom stereocenters. The van der Waals surface area contributed by atoms with E-state index in [4.69, 9.17) is 0 Å². The van der Waals surface area contributed by atoms with Gasteiger partial charge in [-0.2, -0.15) is 0 Å². The summed E-state index contributed by atoms with van der Waals surface area (Å²) in [4.78, 5) is 25.1. The van der Waals surface area contributed by atoms with Gasteiger partial charge in [0.2, 0.25) is 5.91 Å². The molecular formula is C21H24FN3O2. The minimum atomic E-state index is -0.399. The molecule has 0 radical (unpaired) electrons. The summed E-state index contributed by atoms with van der Waals surface area (Å²) in [6, 6.07) is 7.94. The maximum atomic E-state index is 13.8. The second kappa shape index (κ2) is 7.55. The summed E-state index contributed by atoms with van der Waals surface area (Å²) in [7, 11) is 0. The number of carbonyl (C=O) groups excluding carboxylic acids is 1. The molecule has 0 aliphatic heterocycles. The fourth-order valence-electron chi connectivity index (χ4n) is 4.10. The van der Waals surface area contributed by atoms with Crippen LogP contribution in [0, 0.1) is 11.7 Å². The minimum absolute atomic E-state index is 0.0627. The third-order valence-corrected chi connectivity index (χ3v) is 5.58. The van der Waals surface area contributed by atoms with Gasteiger partial charge >= 0.3 is 0 Å². The molecule has 27 heavy (non-hydrogen) atoms. The number of nitrogens with one attached hydrogen (secondary N) is 1. The first-order valence-corrected chi connectivity index (χ1v) is 9.69. The quantitative estimate of drug-likeness (QED) is 0.749. The molecule has 6 heteroatoms. The maximum absolute atomic E-state index is 13.8. The molecule has 0 saturated heterocycles. The number of aryl methyl sites for hydroxylation is 1. The highest BCUT2D eigenvalue weighted by molar-refractivity contribution is 5.80. The minimum Gasteiger partial charge on any atom is -0.356 e. The van der Waals surface area contributed by atoms with Crippen molar-refractivity contribution in [2.24, 2.45) is 5.92 Å². The Morgan fingerprint density at radius 1 is 1.11 bits per heavy atom. The fourth-order valence-corrected chi connectivity index (χ4v) is 4.10. The van der Waals surface area contributed by atoms with Gasteiger partial charge in [0, 0.05) is 25.7 Å². The van der Waals surface area contributed by atoms with Crippen molar-refractivity contribution in [3.05, 3.63) is 52.7 Å². The summed E-state index contributed by atoms with van der Waals surface area (Å²) in [6.45, 7) is 0.942. The van der Waals surface area contributed by atoms with Crippen molar-refractivity contribution in [3.8, 4) is 0 Å². The molecule has 1 aliphatic rings. The van der Waals surface area contributed by atoms with Crippen LogP contribution in [0.5, 0.6) is 0 Å². The molecule has 1 N–H and O–H groups in total. The molecule has 4 rings (SSSR count). The molecule has 1 saturated carbocycles. The fraction of sp³-hybridized carbons (Fsp3) is 0.429. The van der Waals surface area contributed by atoms with Crippen molar-refractivity contribution >= 4 is 22.5 Å². The van der Waals surface area contributed by atoms with Crippen LogP contribution in [0.15, 0.2) is 41.3 Å². The highest BCUT2D eigenvalue weighted by Crippen LogP contribution is 2.22. The number of aromatic nitrogens is 2. The average Bonchev–Trinajstić information content (AvgIpc) is 3.17. The maximum Gasteiger partial charge on any atom is 0.275 e. The molecule has 142 valence electrons. The zero-order chi connectivity index (χ0) is 18.8. The molecule has 5 nitrogen and oxygen atoms in total. The Balaban J connectivity index is 1.53. The van der Waals surface area contributed by atoms with E-state index in [0.717, 1.165) is 5.52 Å². The van der Waals surface area contributed by atoms with Crippen molar-refractivity contribution in [1.82, 2.24) is 14.3 Å². The highest BCUT2D eigenvalue weighted by atomic mass is 19.1. The monoisotopic (exact) mass is 369 g/mol. The molecule has 1 amide bonds. The lowest BCUT2D eigenvalue weighted by Crippen LogP contribution is -2.32. The zero-order valence-electron chi connectivity index (χ0n) is 15.3. The Hall–Kier alpha value is -2.63. The number of rotatable bonds is 5. The van der Waals surface area contributed by atoms with E-state index in [1.54, 1.807) is 28.8 Å². The number of nitrogens with zero attached hydrogens (tertiary/aromatic N) is 2. The van der Waals surface area contributed by atoms with E-state index >= 15 is 0 Å². The first kappa shape index (κ1) is 17.8. The van der Waals surface area contributed by atoms with Crippen LogP contribution in [0.25, 0.3) is 16.6 Å². The number of fused-ring (bicyclic) bond motifs is 3. The standard InChI is InChI=1S/C21H24FN3O2/c22-16-8-9-17-19(13-16)25(21(27)18-7-4-11-24(17)18)12-10-20(26)23-14-15-5-2-1-3-6-15/h4,7-9,11,13,15H,1-3,5-6,10,12,14H2,(H,23,26). The van der Waals surface area contributed by atoms with Crippen molar-refractivity contribution < 1.29 is 9.18 Å². The number of hydrogen-bond acceptors (Lipinski definition) is 2. The molecule has 2 heterocycles. The summed E-state index contributed by atoms with van der Waals surface area (Å²) in [5.74, 6) is 0.105. The Morgan fingerprint density at radius 3 is 2.74 bits per heavy atom. The van der Waals surface area contributed by atoms with Crippen molar-refractivity contribution in [1.29, 1.82) is 0 Å². The number of benzene rings is 1. The number of carbonyl (C=O) groups is 1. The van der Waals surface area contributed by atoms with Crippen molar-refractivity contribution in [2.45, 2.75) is 45.1 Å². The Morgan fingerprint density at radius 2 is 1.93 bits per heavy atom. The summed E-state index contributed by atoms with van der Waals surface area (Å²) in [5.41, 5.74) is 1.57. The van der Waals surface area contributed by atoms with Crippen LogP contribution in [0.2, 0.25) is 0 Å². The van der Waals surface area contributed by atoms with E-state index in [2.05, 4.69) is 5.32 Å². The van der Waals surface area contributed by atoms with Gasteiger partial charge in [-0.15, -0.1) is 0 Å². The van der Waals surface area contributed by atoms with Crippen LogP contribution in [0.1, 0.15) is 38.5 Å². The summed E-state index contributed by atoms with van der Waals surface area (Å²) >= 11 is 0. The summed E-state index contributed by atoms with van der Waals surface area (Å²) in [6.07, 6.45) is 8.12. The molecule has 3 aromatic rings. The highest BCUT2D eigenvalue weighted by Gasteiger charge is 2.15. The molecule has 2 aromatic heterocycles. The SMILES string of the molecule is O=C(CCn1c(=O)c2cccn2c2ccc(F)cc21)NCC1CCCCC1. The van der Waals surface area contributed by atoms with Gasteiger partial charge in [-0.25, -0.2) is 4.39 Å². The normalized spacial score (nSPS) is 15.4.